The molecule has 1 saturated heterocycles. The first kappa shape index (κ1) is 12.9. The Kier molecular flexibility index (Phi) is 3.50. The number of hydrogen-bond acceptors (Lipinski definition) is 4. The molecule has 5 heteroatoms. The first-order chi connectivity index (χ1) is 9.13. The zero-order chi connectivity index (χ0) is 13.4. The summed E-state index contributed by atoms with van der Waals surface area (Å²) in [5, 5.41) is 0. The number of aryl methyl sites for hydroxylation is 1. The van der Waals surface area contributed by atoms with Crippen LogP contribution in [0.4, 0.5) is 5.69 Å². The van der Waals surface area contributed by atoms with Crippen LogP contribution in [0.2, 0.25) is 0 Å². The molecule has 1 aliphatic heterocycles. The maximum atomic E-state index is 12.4. The van der Waals surface area contributed by atoms with Gasteiger partial charge in [0.2, 0.25) is 0 Å². The van der Waals surface area contributed by atoms with E-state index in [4.69, 9.17) is 5.73 Å². The predicted octanol–water partition coefficient (Wildman–Crippen LogP) is 1.81. The molecule has 1 aliphatic carbocycles. The lowest BCUT2D eigenvalue weighted by Gasteiger charge is -2.34. The molecule has 0 radical (unpaired) electrons. The van der Waals surface area contributed by atoms with E-state index in [1.54, 1.807) is 0 Å². The molecule has 2 heterocycles. The summed E-state index contributed by atoms with van der Waals surface area (Å²) in [7, 11) is 0. The van der Waals surface area contributed by atoms with E-state index in [1.807, 2.05) is 17.9 Å². The van der Waals surface area contributed by atoms with Crippen molar-refractivity contribution in [3.8, 4) is 0 Å². The number of carbonyl (C=O) groups is 1. The molecule has 0 aromatic carbocycles. The molecule has 3 rings (SSSR count). The number of carbonyl (C=O) groups excluding carboxylic acids is 1. The van der Waals surface area contributed by atoms with Crippen LogP contribution in [0, 0.1) is 12.8 Å². The van der Waals surface area contributed by atoms with Crippen molar-refractivity contribution in [2.75, 3.05) is 38.5 Å². The maximum absolute atomic E-state index is 12.4. The van der Waals surface area contributed by atoms with Crippen LogP contribution >= 0.6 is 11.3 Å². The number of hydrogen-bond donors (Lipinski definition) is 1. The van der Waals surface area contributed by atoms with E-state index in [-0.39, 0.29) is 5.91 Å². The normalized spacial score (nSPS) is 20.8. The number of rotatable bonds is 3. The van der Waals surface area contributed by atoms with Crippen LogP contribution in [0.5, 0.6) is 0 Å². The van der Waals surface area contributed by atoms with Gasteiger partial charge in [-0.1, -0.05) is 0 Å². The summed E-state index contributed by atoms with van der Waals surface area (Å²) in [5.74, 6) is 1.08. The fourth-order valence-corrected chi connectivity index (χ4v) is 3.47. The Hall–Kier alpha value is -1.07. The van der Waals surface area contributed by atoms with Crippen LogP contribution in [-0.2, 0) is 0 Å². The van der Waals surface area contributed by atoms with Gasteiger partial charge in [0, 0.05) is 43.3 Å². The van der Waals surface area contributed by atoms with E-state index >= 15 is 0 Å². The molecule has 1 aromatic rings. The zero-order valence-corrected chi connectivity index (χ0v) is 12.2. The molecule has 1 amide bonds. The van der Waals surface area contributed by atoms with Crippen molar-refractivity contribution >= 4 is 22.9 Å². The fourth-order valence-electron chi connectivity index (χ4n) is 2.56. The lowest BCUT2D eigenvalue weighted by molar-refractivity contribution is 0.0637. The van der Waals surface area contributed by atoms with Crippen molar-refractivity contribution in [1.29, 1.82) is 0 Å². The van der Waals surface area contributed by atoms with E-state index in [0.717, 1.165) is 47.5 Å². The van der Waals surface area contributed by atoms with Crippen molar-refractivity contribution in [1.82, 2.24) is 9.80 Å². The molecule has 19 heavy (non-hydrogen) atoms. The van der Waals surface area contributed by atoms with Gasteiger partial charge in [-0.05, 0) is 31.7 Å². The Morgan fingerprint density at radius 3 is 2.58 bits per heavy atom. The highest BCUT2D eigenvalue weighted by Crippen LogP contribution is 2.30. The van der Waals surface area contributed by atoms with Crippen LogP contribution in [0.25, 0.3) is 0 Å². The average Bonchev–Trinajstić information content (AvgIpc) is 3.15. The molecule has 1 saturated carbocycles. The molecule has 0 spiro atoms. The Morgan fingerprint density at radius 1 is 1.37 bits per heavy atom. The van der Waals surface area contributed by atoms with Crippen LogP contribution in [0.3, 0.4) is 0 Å². The quantitative estimate of drug-likeness (QED) is 0.918. The minimum atomic E-state index is 0.149. The van der Waals surface area contributed by atoms with Crippen molar-refractivity contribution in [2.24, 2.45) is 5.92 Å². The molecule has 0 bridgehead atoms. The van der Waals surface area contributed by atoms with E-state index in [1.165, 1.54) is 30.7 Å². The molecule has 2 N–H and O–H groups in total. The van der Waals surface area contributed by atoms with Gasteiger partial charge in [-0.3, -0.25) is 9.69 Å². The average molecular weight is 279 g/mol. The molecular formula is C14H21N3OS. The van der Waals surface area contributed by atoms with Crippen LogP contribution < -0.4 is 5.73 Å². The second-order valence-electron chi connectivity index (χ2n) is 5.66. The second kappa shape index (κ2) is 5.13. The lowest BCUT2D eigenvalue weighted by Crippen LogP contribution is -2.49. The van der Waals surface area contributed by atoms with Crippen molar-refractivity contribution in [2.45, 2.75) is 19.8 Å². The highest BCUT2D eigenvalue weighted by Gasteiger charge is 2.28. The molecule has 4 nitrogen and oxygen atoms in total. The van der Waals surface area contributed by atoms with Gasteiger partial charge in [-0.2, -0.15) is 0 Å². The van der Waals surface area contributed by atoms with Gasteiger partial charge in [0.25, 0.3) is 5.91 Å². The summed E-state index contributed by atoms with van der Waals surface area (Å²) in [6, 6.07) is 1.82. The molecule has 0 unspecified atom stereocenters. The first-order valence-electron chi connectivity index (χ1n) is 7.01. The number of piperazine rings is 1. The number of nitrogen functional groups attached to an aromatic ring is 1. The summed E-state index contributed by atoms with van der Waals surface area (Å²) in [6.07, 6.45) is 2.79. The van der Waals surface area contributed by atoms with Gasteiger partial charge < -0.3 is 10.6 Å². The SMILES string of the molecule is Cc1sc(C(=O)N2CCN(CC3CC3)CC2)cc1N. The van der Waals surface area contributed by atoms with Gasteiger partial charge >= 0.3 is 0 Å². The molecule has 2 fully saturated rings. The van der Waals surface area contributed by atoms with Crippen molar-refractivity contribution in [3.05, 3.63) is 15.8 Å². The van der Waals surface area contributed by atoms with Crippen LogP contribution in [0.1, 0.15) is 27.4 Å². The van der Waals surface area contributed by atoms with Gasteiger partial charge in [-0.15, -0.1) is 11.3 Å². The Labute approximate surface area is 118 Å². The summed E-state index contributed by atoms with van der Waals surface area (Å²) in [6.45, 7) is 6.92. The number of nitrogens with two attached hydrogens (primary N) is 1. The zero-order valence-electron chi connectivity index (χ0n) is 11.4. The van der Waals surface area contributed by atoms with Gasteiger partial charge in [-0.25, -0.2) is 0 Å². The number of thiophene rings is 1. The third kappa shape index (κ3) is 2.92. The first-order valence-corrected chi connectivity index (χ1v) is 7.82. The van der Waals surface area contributed by atoms with Crippen LogP contribution in [-0.4, -0.2) is 48.4 Å². The summed E-state index contributed by atoms with van der Waals surface area (Å²) in [4.78, 5) is 18.7. The van der Waals surface area contributed by atoms with E-state index in [9.17, 15) is 4.79 Å². The maximum Gasteiger partial charge on any atom is 0.264 e. The minimum absolute atomic E-state index is 0.149. The summed E-state index contributed by atoms with van der Waals surface area (Å²) >= 11 is 1.51. The topological polar surface area (TPSA) is 49.6 Å². The molecule has 0 atom stereocenters. The Bertz CT molecular complexity index is 454. The van der Waals surface area contributed by atoms with E-state index in [2.05, 4.69) is 4.90 Å². The molecule has 104 valence electrons. The Balaban J connectivity index is 1.56. The van der Waals surface area contributed by atoms with Crippen molar-refractivity contribution in [3.63, 3.8) is 0 Å². The van der Waals surface area contributed by atoms with E-state index < -0.39 is 0 Å². The summed E-state index contributed by atoms with van der Waals surface area (Å²) in [5.41, 5.74) is 6.56. The van der Waals surface area contributed by atoms with Gasteiger partial charge in [0.1, 0.15) is 0 Å². The largest absolute Gasteiger partial charge is 0.398 e. The Morgan fingerprint density at radius 2 is 2.05 bits per heavy atom. The third-order valence-corrected chi connectivity index (χ3v) is 5.09. The standard InChI is InChI=1S/C14H21N3OS/c1-10-12(15)8-13(19-10)14(18)17-6-4-16(5-7-17)9-11-2-3-11/h8,11H,2-7,9,15H2,1H3. The van der Waals surface area contributed by atoms with E-state index in [0.29, 0.717) is 0 Å². The predicted molar refractivity (Wildman–Crippen MR) is 78.5 cm³/mol. The number of amides is 1. The smallest absolute Gasteiger partial charge is 0.264 e. The van der Waals surface area contributed by atoms with Crippen molar-refractivity contribution < 1.29 is 4.79 Å². The van der Waals surface area contributed by atoms with Gasteiger partial charge in [0.05, 0.1) is 4.88 Å². The molecular weight excluding hydrogens is 258 g/mol. The van der Waals surface area contributed by atoms with Crippen LogP contribution in [0.15, 0.2) is 6.07 Å². The fraction of sp³-hybridized carbons (Fsp3) is 0.643. The monoisotopic (exact) mass is 279 g/mol. The lowest BCUT2D eigenvalue weighted by atomic mass is 10.2. The van der Waals surface area contributed by atoms with Gasteiger partial charge in [0.15, 0.2) is 0 Å². The number of anilines is 1. The highest BCUT2D eigenvalue weighted by atomic mass is 32.1. The number of nitrogens with zero attached hydrogens (tertiary/aromatic N) is 2. The second-order valence-corrected chi connectivity index (χ2v) is 6.91. The minimum Gasteiger partial charge on any atom is -0.398 e. The molecule has 2 aliphatic rings. The third-order valence-electron chi connectivity index (χ3n) is 4.04. The summed E-state index contributed by atoms with van der Waals surface area (Å²) < 4.78 is 0. The highest BCUT2D eigenvalue weighted by molar-refractivity contribution is 7.14. The molecule has 1 aromatic heterocycles.